The van der Waals surface area contributed by atoms with Crippen molar-refractivity contribution in [1.82, 2.24) is 9.55 Å². The number of benzene rings is 1. The van der Waals surface area contributed by atoms with Gasteiger partial charge in [-0.2, -0.15) is 10.2 Å². The van der Waals surface area contributed by atoms with Crippen molar-refractivity contribution in [2.75, 3.05) is 0 Å². The molecule has 0 spiro atoms. The Morgan fingerprint density at radius 2 is 2.11 bits per heavy atom. The third-order valence-corrected chi connectivity index (χ3v) is 2.85. The zero-order chi connectivity index (χ0) is 14.0. The van der Waals surface area contributed by atoms with Crippen LogP contribution in [0.1, 0.15) is 22.5 Å². The molecular formula is C14H12FN3O. The SMILES string of the molecule is Cc1cc(C)n(Cc2cc(C#N)ccc2F)c(=O)n1. The van der Waals surface area contributed by atoms with Crippen molar-refractivity contribution in [3.63, 3.8) is 0 Å². The van der Waals surface area contributed by atoms with E-state index in [1.54, 1.807) is 19.9 Å². The number of rotatable bonds is 2. The van der Waals surface area contributed by atoms with Gasteiger partial charge in [0.15, 0.2) is 0 Å². The lowest BCUT2D eigenvalue weighted by Gasteiger charge is -2.10. The molecular weight excluding hydrogens is 245 g/mol. The molecule has 96 valence electrons. The maximum atomic E-state index is 13.7. The van der Waals surface area contributed by atoms with Crippen molar-refractivity contribution in [1.29, 1.82) is 5.26 Å². The Morgan fingerprint density at radius 1 is 1.37 bits per heavy atom. The normalized spacial score (nSPS) is 10.2. The van der Waals surface area contributed by atoms with Gasteiger partial charge in [0, 0.05) is 17.0 Å². The third-order valence-electron chi connectivity index (χ3n) is 2.85. The molecule has 0 fully saturated rings. The van der Waals surface area contributed by atoms with E-state index in [-0.39, 0.29) is 6.54 Å². The third kappa shape index (κ3) is 2.68. The van der Waals surface area contributed by atoms with Gasteiger partial charge in [-0.1, -0.05) is 0 Å². The minimum atomic E-state index is -0.439. The molecule has 0 saturated heterocycles. The highest BCUT2D eigenvalue weighted by atomic mass is 19.1. The van der Waals surface area contributed by atoms with Gasteiger partial charge in [-0.15, -0.1) is 0 Å². The Kier molecular flexibility index (Phi) is 3.43. The van der Waals surface area contributed by atoms with Gasteiger partial charge >= 0.3 is 5.69 Å². The minimum absolute atomic E-state index is 0.0688. The molecule has 0 aliphatic carbocycles. The number of hydrogen-bond donors (Lipinski definition) is 0. The Morgan fingerprint density at radius 3 is 2.74 bits per heavy atom. The fourth-order valence-electron chi connectivity index (χ4n) is 1.90. The smallest absolute Gasteiger partial charge is 0.292 e. The summed E-state index contributed by atoms with van der Waals surface area (Å²) in [5, 5.41) is 8.81. The van der Waals surface area contributed by atoms with E-state index in [0.717, 1.165) is 0 Å². The average Bonchev–Trinajstić information content (AvgIpc) is 2.35. The minimum Gasteiger partial charge on any atom is -0.292 e. The van der Waals surface area contributed by atoms with Crippen LogP contribution >= 0.6 is 0 Å². The zero-order valence-electron chi connectivity index (χ0n) is 10.6. The highest BCUT2D eigenvalue weighted by molar-refractivity contribution is 5.34. The molecule has 0 aliphatic rings. The molecule has 4 nitrogen and oxygen atoms in total. The lowest BCUT2D eigenvalue weighted by atomic mass is 10.1. The standard InChI is InChI=1S/C14H12FN3O/c1-9-5-10(2)18(14(19)17-9)8-12-6-11(7-16)3-4-13(12)15/h3-6H,8H2,1-2H3. The molecule has 0 saturated carbocycles. The molecule has 1 aromatic heterocycles. The molecule has 0 unspecified atom stereocenters. The lowest BCUT2D eigenvalue weighted by molar-refractivity contribution is 0.588. The maximum absolute atomic E-state index is 13.7. The highest BCUT2D eigenvalue weighted by Crippen LogP contribution is 2.12. The van der Waals surface area contributed by atoms with Gasteiger partial charge in [-0.05, 0) is 38.1 Å². The van der Waals surface area contributed by atoms with E-state index >= 15 is 0 Å². The molecule has 2 aromatic rings. The summed E-state index contributed by atoms with van der Waals surface area (Å²) in [6.07, 6.45) is 0. The summed E-state index contributed by atoms with van der Waals surface area (Å²) in [5.41, 5.74) is 1.58. The fraction of sp³-hybridized carbons (Fsp3) is 0.214. The van der Waals surface area contributed by atoms with E-state index in [1.807, 2.05) is 6.07 Å². The molecule has 0 bridgehead atoms. The summed E-state index contributed by atoms with van der Waals surface area (Å²) in [4.78, 5) is 15.6. The van der Waals surface area contributed by atoms with Crippen LogP contribution in [0.5, 0.6) is 0 Å². The predicted octanol–water partition coefficient (Wildman–Crippen LogP) is 1.92. The first kappa shape index (κ1) is 13.0. The summed E-state index contributed by atoms with van der Waals surface area (Å²) in [6, 6.07) is 7.79. The van der Waals surface area contributed by atoms with E-state index < -0.39 is 11.5 Å². The first-order valence-electron chi connectivity index (χ1n) is 5.75. The second-order valence-electron chi connectivity index (χ2n) is 4.33. The van der Waals surface area contributed by atoms with Crippen molar-refractivity contribution in [2.24, 2.45) is 0 Å². The van der Waals surface area contributed by atoms with Gasteiger partial charge in [0.25, 0.3) is 0 Å². The second-order valence-corrected chi connectivity index (χ2v) is 4.33. The fourth-order valence-corrected chi connectivity index (χ4v) is 1.90. The van der Waals surface area contributed by atoms with Gasteiger partial charge in [0.05, 0.1) is 18.2 Å². The van der Waals surface area contributed by atoms with Crippen LogP contribution in [0.25, 0.3) is 0 Å². The lowest BCUT2D eigenvalue weighted by Crippen LogP contribution is -2.26. The van der Waals surface area contributed by atoms with Gasteiger partial charge < -0.3 is 0 Å². The monoisotopic (exact) mass is 257 g/mol. The van der Waals surface area contributed by atoms with Crippen LogP contribution in [0, 0.1) is 31.0 Å². The largest absolute Gasteiger partial charge is 0.348 e. The molecule has 19 heavy (non-hydrogen) atoms. The van der Waals surface area contributed by atoms with E-state index in [1.165, 1.54) is 22.8 Å². The zero-order valence-corrected chi connectivity index (χ0v) is 10.6. The van der Waals surface area contributed by atoms with Crippen LogP contribution in [-0.4, -0.2) is 9.55 Å². The van der Waals surface area contributed by atoms with Crippen molar-refractivity contribution < 1.29 is 4.39 Å². The van der Waals surface area contributed by atoms with Gasteiger partial charge in [0.2, 0.25) is 0 Å². The number of aromatic nitrogens is 2. The van der Waals surface area contributed by atoms with E-state index in [2.05, 4.69) is 4.98 Å². The second kappa shape index (κ2) is 5.02. The first-order valence-corrected chi connectivity index (χ1v) is 5.75. The Labute approximate surface area is 109 Å². The van der Waals surface area contributed by atoms with Gasteiger partial charge in [-0.25, -0.2) is 9.18 Å². The number of halogens is 1. The van der Waals surface area contributed by atoms with Crippen LogP contribution in [0.4, 0.5) is 4.39 Å². The highest BCUT2D eigenvalue weighted by Gasteiger charge is 2.08. The van der Waals surface area contributed by atoms with Crippen LogP contribution in [-0.2, 0) is 6.54 Å². The van der Waals surface area contributed by atoms with E-state index in [0.29, 0.717) is 22.5 Å². The Bertz CT molecular complexity index is 728. The van der Waals surface area contributed by atoms with Crippen molar-refractivity contribution >= 4 is 0 Å². The van der Waals surface area contributed by atoms with E-state index in [9.17, 15) is 9.18 Å². The Balaban J connectivity index is 2.48. The first-order chi connectivity index (χ1) is 9.01. The quantitative estimate of drug-likeness (QED) is 0.825. The van der Waals surface area contributed by atoms with Crippen LogP contribution in [0.3, 0.4) is 0 Å². The number of nitrogens with zero attached hydrogens (tertiary/aromatic N) is 3. The predicted molar refractivity (Wildman–Crippen MR) is 68.2 cm³/mol. The summed E-state index contributed by atoms with van der Waals surface area (Å²) < 4.78 is 15.1. The Hall–Kier alpha value is -2.48. The summed E-state index contributed by atoms with van der Waals surface area (Å²) in [6.45, 7) is 3.57. The molecule has 1 heterocycles. The molecule has 0 N–H and O–H groups in total. The van der Waals surface area contributed by atoms with Gasteiger partial charge in [0.1, 0.15) is 5.82 Å². The summed E-state index contributed by atoms with van der Waals surface area (Å²) in [5.74, 6) is -0.439. The van der Waals surface area contributed by atoms with Crippen molar-refractivity contribution in [3.05, 3.63) is 63.1 Å². The number of hydrogen-bond acceptors (Lipinski definition) is 3. The molecule has 0 aliphatic heterocycles. The van der Waals surface area contributed by atoms with Crippen LogP contribution in [0.2, 0.25) is 0 Å². The van der Waals surface area contributed by atoms with Crippen LogP contribution < -0.4 is 5.69 Å². The molecule has 2 rings (SSSR count). The summed E-state index contributed by atoms with van der Waals surface area (Å²) in [7, 11) is 0. The average molecular weight is 257 g/mol. The number of nitriles is 1. The molecule has 5 heteroatoms. The molecule has 0 atom stereocenters. The van der Waals surface area contributed by atoms with Crippen molar-refractivity contribution in [2.45, 2.75) is 20.4 Å². The van der Waals surface area contributed by atoms with Crippen LogP contribution in [0.15, 0.2) is 29.1 Å². The molecule has 1 aromatic carbocycles. The maximum Gasteiger partial charge on any atom is 0.348 e. The molecule has 0 radical (unpaired) electrons. The van der Waals surface area contributed by atoms with E-state index in [4.69, 9.17) is 5.26 Å². The summed E-state index contributed by atoms with van der Waals surface area (Å²) >= 11 is 0. The molecule has 0 amide bonds. The van der Waals surface area contributed by atoms with Gasteiger partial charge in [-0.3, -0.25) is 4.57 Å². The topological polar surface area (TPSA) is 58.7 Å². The van der Waals surface area contributed by atoms with Crippen molar-refractivity contribution in [3.8, 4) is 6.07 Å². The number of aryl methyl sites for hydroxylation is 2.